The van der Waals surface area contributed by atoms with E-state index >= 15 is 0 Å². The number of fused-ring (bicyclic) bond motifs is 1. The molecule has 0 radical (unpaired) electrons. The molecule has 0 amide bonds. The molecule has 2 nitrogen and oxygen atoms in total. The van der Waals surface area contributed by atoms with Crippen molar-refractivity contribution >= 4 is 5.69 Å². The zero-order valence-corrected chi connectivity index (χ0v) is 11.0. The maximum Gasteiger partial charge on any atom is 0.0788 e. The van der Waals surface area contributed by atoms with Gasteiger partial charge in [0.25, 0.3) is 0 Å². The molecule has 2 aliphatic rings. The fraction of sp³-hybridized carbons (Fsp3) is 0.625. The zero-order chi connectivity index (χ0) is 12.2. The second-order valence-electron chi connectivity index (χ2n) is 5.70. The average Bonchev–Trinajstić information content (AvgIpc) is 2.46. The van der Waals surface area contributed by atoms with Gasteiger partial charge >= 0.3 is 0 Å². The van der Waals surface area contributed by atoms with Crippen LogP contribution in [0.5, 0.6) is 0 Å². The van der Waals surface area contributed by atoms with Crippen LogP contribution >= 0.6 is 0 Å². The molecule has 18 heavy (non-hydrogen) atoms. The van der Waals surface area contributed by atoms with Gasteiger partial charge < -0.3 is 10.1 Å². The van der Waals surface area contributed by atoms with E-state index in [0.29, 0.717) is 6.10 Å². The van der Waals surface area contributed by atoms with Crippen LogP contribution in [0, 0.1) is 5.92 Å². The van der Waals surface area contributed by atoms with Crippen molar-refractivity contribution in [1.82, 2.24) is 0 Å². The highest BCUT2D eigenvalue weighted by atomic mass is 16.5. The Morgan fingerprint density at radius 2 is 1.94 bits per heavy atom. The van der Waals surface area contributed by atoms with Crippen molar-refractivity contribution in [2.24, 2.45) is 5.92 Å². The summed E-state index contributed by atoms with van der Waals surface area (Å²) < 4.78 is 6.12. The average molecular weight is 245 g/mol. The summed E-state index contributed by atoms with van der Waals surface area (Å²) in [6, 6.07) is 8.57. The summed E-state index contributed by atoms with van der Waals surface area (Å²) in [5, 5.41) is 3.48. The molecular formula is C16H23NO. The maximum absolute atomic E-state index is 6.12. The van der Waals surface area contributed by atoms with E-state index < -0.39 is 0 Å². The lowest BCUT2D eigenvalue weighted by molar-refractivity contribution is 0.0267. The predicted molar refractivity (Wildman–Crippen MR) is 75.0 cm³/mol. The minimum Gasteiger partial charge on any atom is -0.382 e. The molecule has 1 aliphatic carbocycles. The fourth-order valence-electron chi connectivity index (χ4n) is 3.16. The fourth-order valence-corrected chi connectivity index (χ4v) is 3.16. The molecule has 1 fully saturated rings. The molecule has 1 aliphatic heterocycles. The van der Waals surface area contributed by atoms with Crippen LogP contribution in [0.3, 0.4) is 0 Å². The van der Waals surface area contributed by atoms with Crippen LogP contribution in [0.2, 0.25) is 0 Å². The second kappa shape index (κ2) is 5.75. The van der Waals surface area contributed by atoms with Gasteiger partial charge in [-0.15, -0.1) is 0 Å². The molecule has 1 atom stereocenters. The minimum atomic E-state index is 0.363. The Hall–Kier alpha value is -1.02. The van der Waals surface area contributed by atoms with Crippen LogP contribution in [0.25, 0.3) is 0 Å². The van der Waals surface area contributed by atoms with E-state index in [0.717, 1.165) is 25.5 Å². The van der Waals surface area contributed by atoms with Gasteiger partial charge in [0.15, 0.2) is 0 Å². The van der Waals surface area contributed by atoms with Gasteiger partial charge in [-0.1, -0.05) is 37.5 Å². The monoisotopic (exact) mass is 245 g/mol. The van der Waals surface area contributed by atoms with Crippen LogP contribution in [-0.2, 0) is 11.2 Å². The molecule has 0 saturated heterocycles. The largest absolute Gasteiger partial charge is 0.382 e. The van der Waals surface area contributed by atoms with Crippen molar-refractivity contribution in [2.45, 2.75) is 44.6 Å². The number of ether oxygens (including phenoxy) is 1. The molecule has 1 aromatic rings. The van der Waals surface area contributed by atoms with E-state index in [1.165, 1.54) is 43.4 Å². The Balaban J connectivity index is 1.50. The SMILES string of the molecule is c1ccc2c(c1)CC(OCC1CCCCC1)CN2. The smallest absolute Gasteiger partial charge is 0.0788 e. The summed E-state index contributed by atoms with van der Waals surface area (Å²) >= 11 is 0. The molecule has 1 saturated carbocycles. The van der Waals surface area contributed by atoms with Crippen molar-refractivity contribution in [3.63, 3.8) is 0 Å². The van der Waals surface area contributed by atoms with Gasteiger partial charge in [0.2, 0.25) is 0 Å². The number of para-hydroxylation sites is 1. The quantitative estimate of drug-likeness (QED) is 0.878. The lowest BCUT2D eigenvalue weighted by Gasteiger charge is -2.29. The van der Waals surface area contributed by atoms with Gasteiger partial charge in [-0.05, 0) is 30.4 Å². The number of benzene rings is 1. The number of anilines is 1. The van der Waals surface area contributed by atoms with E-state index in [4.69, 9.17) is 4.74 Å². The molecule has 2 heteroatoms. The van der Waals surface area contributed by atoms with E-state index in [1.807, 2.05) is 0 Å². The summed E-state index contributed by atoms with van der Waals surface area (Å²) in [6.07, 6.45) is 8.40. The first-order chi connectivity index (χ1) is 8.92. The van der Waals surface area contributed by atoms with Gasteiger partial charge in [-0.3, -0.25) is 0 Å². The molecule has 0 bridgehead atoms. The highest BCUT2D eigenvalue weighted by Crippen LogP contribution is 2.26. The lowest BCUT2D eigenvalue weighted by atomic mass is 9.90. The summed E-state index contributed by atoms with van der Waals surface area (Å²) in [7, 11) is 0. The summed E-state index contributed by atoms with van der Waals surface area (Å²) in [5.41, 5.74) is 2.69. The van der Waals surface area contributed by atoms with E-state index in [9.17, 15) is 0 Å². The van der Waals surface area contributed by atoms with Crippen molar-refractivity contribution in [1.29, 1.82) is 0 Å². The Morgan fingerprint density at radius 3 is 2.83 bits per heavy atom. The summed E-state index contributed by atoms with van der Waals surface area (Å²) in [4.78, 5) is 0. The zero-order valence-electron chi connectivity index (χ0n) is 11.0. The standard InChI is InChI=1S/C16H23NO/c1-2-6-13(7-3-1)12-18-15-10-14-8-4-5-9-16(14)17-11-15/h4-5,8-9,13,15,17H,1-3,6-7,10-12H2. The number of hydrogen-bond donors (Lipinski definition) is 1. The van der Waals surface area contributed by atoms with Crippen molar-refractivity contribution in [3.8, 4) is 0 Å². The van der Waals surface area contributed by atoms with Crippen molar-refractivity contribution < 1.29 is 4.74 Å². The number of nitrogens with one attached hydrogen (secondary N) is 1. The number of rotatable bonds is 3. The first-order valence-corrected chi connectivity index (χ1v) is 7.35. The Morgan fingerprint density at radius 1 is 1.11 bits per heavy atom. The summed E-state index contributed by atoms with van der Waals surface area (Å²) in [6.45, 7) is 1.93. The van der Waals surface area contributed by atoms with Gasteiger partial charge in [-0.2, -0.15) is 0 Å². The van der Waals surface area contributed by atoms with Crippen LogP contribution < -0.4 is 5.32 Å². The van der Waals surface area contributed by atoms with Crippen molar-refractivity contribution in [2.75, 3.05) is 18.5 Å². The van der Waals surface area contributed by atoms with Crippen LogP contribution in [0.4, 0.5) is 5.69 Å². The molecular weight excluding hydrogens is 222 g/mol. The van der Waals surface area contributed by atoms with Gasteiger partial charge in [0.05, 0.1) is 6.10 Å². The predicted octanol–water partition coefficient (Wildman–Crippen LogP) is 3.62. The molecule has 1 unspecified atom stereocenters. The summed E-state index contributed by atoms with van der Waals surface area (Å²) in [5.74, 6) is 0.816. The molecule has 0 spiro atoms. The molecule has 1 heterocycles. The van der Waals surface area contributed by atoms with E-state index in [1.54, 1.807) is 0 Å². The highest BCUT2D eigenvalue weighted by molar-refractivity contribution is 5.53. The first-order valence-electron chi connectivity index (χ1n) is 7.35. The van der Waals surface area contributed by atoms with Crippen molar-refractivity contribution in [3.05, 3.63) is 29.8 Å². The third-order valence-corrected chi connectivity index (χ3v) is 4.28. The van der Waals surface area contributed by atoms with Crippen LogP contribution in [-0.4, -0.2) is 19.3 Å². The first kappa shape index (κ1) is 12.0. The Kier molecular flexibility index (Phi) is 3.84. The maximum atomic E-state index is 6.12. The number of hydrogen-bond acceptors (Lipinski definition) is 2. The Bertz CT molecular complexity index is 384. The van der Waals surface area contributed by atoms with Gasteiger partial charge in [0, 0.05) is 25.3 Å². The topological polar surface area (TPSA) is 21.3 Å². The third kappa shape index (κ3) is 2.86. The molecule has 1 aromatic carbocycles. The third-order valence-electron chi connectivity index (χ3n) is 4.28. The van der Waals surface area contributed by atoms with Gasteiger partial charge in [0.1, 0.15) is 0 Å². The van der Waals surface area contributed by atoms with E-state index in [-0.39, 0.29) is 0 Å². The second-order valence-corrected chi connectivity index (χ2v) is 5.70. The molecule has 0 aromatic heterocycles. The van der Waals surface area contributed by atoms with E-state index in [2.05, 4.69) is 29.6 Å². The normalized spacial score (nSPS) is 24.3. The van der Waals surface area contributed by atoms with Crippen LogP contribution in [0.1, 0.15) is 37.7 Å². The highest BCUT2D eigenvalue weighted by Gasteiger charge is 2.20. The molecule has 98 valence electrons. The van der Waals surface area contributed by atoms with Crippen LogP contribution in [0.15, 0.2) is 24.3 Å². The molecule has 3 rings (SSSR count). The lowest BCUT2D eigenvalue weighted by Crippen LogP contribution is -2.32. The minimum absolute atomic E-state index is 0.363. The Labute approximate surface area is 110 Å². The molecule has 1 N–H and O–H groups in total. The van der Waals surface area contributed by atoms with Gasteiger partial charge in [-0.25, -0.2) is 0 Å².